The molecule has 3 rings (SSSR count). The Hall–Kier alpha value is -3.69. The first-order chi connectivity index (χ1) is 19.0. The molecule has 0 fully saturated rings. The molecule has 0 saturated heterocycles. The molecule has 0 radical (unpaired) electrons. The Morgan fingerprint density at radius 1 is 1.05 bits per heavy atom. The second kappa shape index (κ2) is 13.6. The van der Waals surface area contributed by atoms with Gasteiger partial charge in [-0.25, -0.2) is 14.8 Å². The number of carbonyl (C=O) groups is 1. The van der Waals surface area contributed by atoms with Crippen molar-refractivity contribution in [3.63, 3.8) is 0 Å². The molecule has 218 valence electrons. The summed E-state index contributed by atoms with van der Waals surface area (Å²) in [6.07, 6.45) is 7.66. The zero-order chi connectivity index (χ0) is 29.3. The highest BCUT2D eigenvalue weighted by Gasteiger charge is 2.22. The molecule has 1 amide bonds. The largest absolute Gasteiger partial charge is 0.481 e. The topological polar surface area (TPSA) is 120 Å². The quantitative estimate of drug-likeness (QED) is 0.256. The van der Waals surface area contributed by atoms with Crippen LogP contribution in [0.25, 0.3) is 22.3 Å². The fraction of sp³-hybridized carbons (Fsp3) is 0.567. The third-order valence-corrected chi connectivity index (χ3v) is 7.03. The van der Waals surface area contributed by atoms with E-state index in [1.165, 1.54) is 0 Å². The molecule has 0 aliphatic heterocycles. The Morgan fingerprint density at radius 2 is 1.82 bits per heavy atom. The van der Waals surface area contributed by atoms with E-state index in [9.17, 15) is 9.59 Å². The van der Waals surface area contributed by atoms with Crippen molar-refractivity contribution < 1.29 is 14.3 Å². The predicted molar refractivity (Wildman–Crippen MR) is 159 cm³/mol. The number of nitrogens with one attached hydrogen (secondary N) is 2. The van der Waals surface area contributed by atoms with Crippen molar-refractivity contribution in [2.24, 2.45) is 5.41 Å². The number of methoxy groups -OCH3 is 1. The van der Waals surface area contributed by atoms with Crippen molar-refractivity contribution in [3.8, 4) is 17.1 Å². The number of ether oxygens (including phenoxy) is 2. The van der Waals surface area contributed by atoms with Gasteiger partial charge in [-0.05, 0) is 57.6 Å². The molecular formula is C30H44N6O4. The molecule has 0 aromatic carbocycles. The summed E-state index contributed by atoms with van der Waals surface area (Å²) in [6, 6.07) is 5.59. The first kappa shape index (κ1) is 30.8. The summed E-state index contributed by atoms with van der Waals surface area (Å²) in [5, 5.41) is 5.91. The minimum atomic E-state index is -0.550. The van der Waals surface area contributed by atoms with Crippen LogP contribution in [0.15, 0.2) is 35.4 Å². The third kappa shape index (κ3) is 8.40. The Balaban J connectivity index is 1.86. The Morgan fingerprint density at radius 3 is 2.45 bits per heavy atom. The number of aryl methyl sites for hydroxylation is 1. The van der Waals surface area contributed by atoms with Gasteiger partial charge in [0.15, 0.2) is 5.82 Å². The maximum absolute atomic E-state index is 13.7. The Bertz CT molecular complexity index is 1330. The first-order valence-electron chi connectivity index (χ1n) is 14.1. The van der Waals surface area contributed by atoms with Gasteiger partial charge in [0, 0.05) is 37.5 Å². The molecule has 1 unspecified atom stereocenters. The minimum absolute atomic E-state index is 0.139. The van der Waals surface area contributed by atoms with Gasteiger partial charge in [0.2, 0.25) is 5.88 Å². The van der Waals surface area contributed by atoms with Gasteiger partial charge in [-0.2, -0.15) is 0 Å². The van der Waals surface area contributed by atoms with Gasteiger partial charge in [0.1, 0.15) is 11.1 Å². The lowest BCUT2D eigenvalue weighted by Crippen LogP contribution is -2.33. The van der Waals surface area contributed by atoms with Crippen LogP contribution >= 0.6 is 0 Å². The zero-order valence-corrected chi connectivity index (χ0v) is 25.0. The minimum Gasteiger partial charge on any atom is -0.481 e. The van der Waals surface area contributed by atoms with Crippen LogP contribution in [-0.4, -0.2) is 51.4 Å². The first-order valence-corrected chi connectivity index (χ1v) is 14.1. The van der Waals surface area contributed by atoms with Crippen molar-refractivity contribution >= 4 is 22.9 Å². The molecule has 0 spiro atoms. The molecule has 10 nitrogen and oxygen atoms in total. The average Bonchev–Trinajstić information content (AvgIpc) is 2.91. The van der Waals surface area contributed by atoms with Crippen molar-refractivity contribution in [2.75, 3.05) is 25.5 Å². The van der Waals surface area contributed by atoms with E-state index in [4.69, 9.17) is 9.47 Å². The number of fused-ring (bicyclic) bond motifs is 1. The molecule has 2 N–H and O–H groups in total. The van der Waals surface area contributed by atoms with Gasteiger partial charge in [-0.15, -0.1) is 0 Å². The average molecular weight is 553 g/mol. The lowest BCUT2D eigenvalue weighted by atomic mass is 9.80. The van der Waals surface area contributed by atoms with Crippen LogP contribution < -0.4 is 20.9 Å². The molecule has 0 aliphatic carbocycles. The summed E-state index contributed by atoms with van der Waals surface area (Å²) in [6.45, 7) is 13.6. The molecule has 0 aliphatic rings. The highest BCUT2D eigenvalue weighted by atomic mass is 16.6. The van der Waals surface area contributed by atoms with Crippen LogP contribution in [0.2, 0.25) is 0 Å². The van der Waals surface area contributed by atoms with E-state index in [0.29, 0.717) is 43.1 Å². The summed E-state index contributed by atoms with van der Waals surface area (Å²) >= 11 is 0. The van der Waals surface area contributed by atoms with E-state index in [1.54, 1.807) is 25.6 Å². The maximum Gasteiger partial charge on any atom is 0.407 e. The molecule has 3 aromatic rings. The van der Waals surface area contributed by atoms with Crippen molar-refractivity contribution in [1.29, 1.82) is 0 Å². The Kier molecular flexibility index (Phi) is 10.5. The Labute approximate surface area is 236 Å². The van der Waals surface area contributed by atoms with Crippen molar-refractivity contribution in [2.45, 2.75) is 85.8 Å². The number of amides is 1. The van der Waals surface area contributed by atoms with Gasteiger partial charge in [0.25, 0.3) is 5.56 Å². The monoisotopic (exact) mass is 552 g/mol. The summed E-state index contributed by atoms with van der Waals surface area (Å²) < 4.78 is 12.3. The number of rotatable bonds is 13. The molecule has 3 aromatic heterocycles. The van der Waals surface area contributed by atoms with Crippen LogP contribution in [0.5, 0.6) is 5.88 Å². The summed E-state index contributed by atoms with van der Waals surface area (Å²) in [7, 11) is 1.58. The fourth-order valence-electron chi connectivity index (χ4n) is 4.56. The normalized spacial score (nSPS) is 13.1. The molecule has 0 bridgehead atoms. The highest BCUT2D eigenvalue weighted by molar-refractivity contribution is 5.80. The second-order valence-electron chi connectivity index (χ2n) is 11.4. The molecular weight excluding hydrogens is 508 g/mol. The third-order valence-electron chi connectivity index (χ3n) is 7.03. The van der Waals surface area contributed by atoms with Gasteiger partial charge in [-0.1, -0.05) is 33.6 Å². The van der Waals surface area contributed by atoms with Gasteiger partial charge >= 0.3 is 6.09 Å². The molecule has 0 saturated carbocycles. The SMILES string of the molecule is CCCC(C)(CC)CCn1c(=O)c(NCCCNC(=O)OC(C)(C)C)nc2cnc(-c3ccc(OC)nc3)cc21. The molecule has 40 heavy (non-hydrogen) atoms. The van der Waals surface area contributed by atoms with E-state index in [0.717, 1.165) is 36.8 Å². The molecule has 1 atom stereocenters. The van der Waals surface area contributed by atoms with Crippen LogP contribution in [-0.2, 0) is 11.3 Å². The van der Waals surface area contributed by atoms with E-state index < -0.39 is 11.7 Å². The van der Waals surface area contributed by atoms with Crippen LogP contribution in [0, 0.1) is 5.41 Å². The van der Waals surface area contributed by atoms with E-state index in [-0.39, 0.29) is 16.8 Å². The van der Waals surface area contributed by atoms with Gasteiger partial charge < -0.3 is 24.7 Å². The number of hydrogen-bond donors (Lipinski definition) is 2. The number of nitrogens with zero attached hydrogens (tertiary/aromatic N) is 4. The summed E-state index contributed by atoms with van der Waals surface area (Å²) in [5.41, 5.74) is 2.31. The lowest BCUT2D eigenvalue weighted by molar-refractivity contribution is 0.0527. The lowest BCUT2D eigenvalue weighted by Gasteiger charge is -2.28. The summed E-state index contributed by atoms with van der Waals surface area (Å²) in [5.74, 6) is 0.800. The fourth-order valence-corrected chi connectivity index (χ4v) is 4.56. The smallest absolute Gasteiger partial charge is 0.407 e. The highest BCUT2D eigenvalue weighted by Crippen LogP contribution is 2.32. The van der Waals surface area contributed by atoms with Gasteiger partial charge in [-0.3, -0.25) is 9.78 Å². The number of aromatic nitrogens is 4. The molecule has 3 heterocycles. The van der Waals surface area contributed by atoms with E-state index in [2.05, 4.69) is 46.4 Å². The second-order valence-corrected chi connectivity index (χ2v) is 11.4. The number of carbonyl (C=O) groups excluding carboxylic acids is 1. The summed E-state index contributed by atoms with van der Waals surface area (Å²) in [4.78, 5) is 39.1. The predicted octanol–water partition coefficient (Wildman–Crippen LogP) is 5.80. The number of alkyl carbamates (subject to hydrolysis) is 1. The van der Waals surface area contributed by atoms with Crippen LogP contribution in [0.4, 0.5) is 10.6 Å². The van der Waals surface area contributed by atoms with Crippen LogP contribution in [0.1, 0.15) is 73.6 Å². The standard InChI is InChI=1S/C30H44N6O4/c1-8-13-30(6,9-2)14-17-36-24-18-22(21-11-12-25(39-7)34-19-21)33-20-23(24)35-26(27(36)37)31-15-10-16-32-28(38)40-29(3,4)5/h11-12,18-20H,8-10,13-17H2,1-7H3,(H,31,35)(H,32,38). The van der Waals surface area contributed by atoms with Crippen molar-refractivity contribution in [3.05, 3.63) is 40.9 Å². The van der Waals surface area contributed by atoms with E-state index in [1.807, 2.05) is 37.5 Å². The number of anilines is 1. The molecule has 10 heteroatoms. The zero-order valence-electron chi connectivity index (χ0n) is 25.0. The van der Waals surface area contributed by atoms with Gasteiger partial charge in [0.05, 0.1) is 24.5 Å². The van der Waals surface area contributed by atoms with Crippen LogP contribution in [0.3, 0.4) is 0 Å². The van der Waals surface area contributed by atoms with E-state index >= 15 is 0 Å². The number of pyridine rings is 2. The van der Waals surface area contributed by atoms with Crippen molar-refractivity contribution in [1.82, 2.24) is 24.8 Å². The maximum atomic E-state index is 13.7. The number of hydrogen-bond acceptors (Lipinski definition) is 8.